The third-order valence-electron chi connectivity index (χ3n) is 2.97. The van der Waals surface area contributed by atoms with E-state index < -0.39 is 5.97 Å². The Kier molecular flexibility index (Phi) is 2.42. The molecule has 0 atom stereocenters. The average Bonchev–Trinajstić information content (AvgIpc) is 1.97. The van der Waals surface area contributed by atoms with Gasteiger partial charge >= 0.3 is 5.97 Å². The Morgan fingerprint density at radius 2 is 1.80 bits per heavy atom. The Hall–Kier alpha value is -1.45. The van der Waals surface area contributed by atoms with Crippen LogP contribution in [0.5, 0.6) is 0 Å². The Morgan fingerprint density at radius 1 is 1.27 bits per heavy atom. The summed E-state index contributed by atoms with van der Waals surface area (Å²) in [6.45, 7) is 3.47. The van der Waals surface area contributed by atoms with Crippen LogP contribution in [0, 0.1) is 13.8 Å². The lowest BCUT2D eigenvalue weighted by molar-refractivity contribution is 0.0694. The van der Waals surface area contributed by atoms with Crippen LogP contribution >= 0.6 is 0 Å². The van der Waals surface area contributed by atoms with Crippen molar-refractivity contribution in [2.24, 2.45) is 0 Å². The van der Waals surface area contributed by atoms with Crippen LogP contribution in [0.2, 0.25) is 0 Å². The fourth-order valence-electron chi connectivity index (χ4n) is 1.90. The van der Waals surface area contributed by atoms with E-state index in [1.54, 1.807) is 13.8 Å². The third-order valence-corrected chi connectivity index (χ3v) is 2.97. The van der Waals surface area contributed by atoms with Crippen LogP contribution in [-0.2, 0) is 0 Å². The molecule has 0 radical (unpaired) electrons. The molecule has 1 aromatic rings. The zero-order chi connectivity index (χ0) is 11.0. The van der Waals surface area contributed by atoms with E-state index in [2.05, 4.69) is 9.97 Å². The van der Waals surface area contributed by atoms with Gasteiger partial charge in [-0.3, -0.25) is 0 Å². The molecule has 1 aliphatic rings. The third kappa shape index (κ3) is 1.71. The van der Waals surface area contributed by atoms with Gasteiger partial charge in [-0.05, 0) is 26.7 Å². The first-order valence-electron chi connectivity index (χ1n) is 5.18. The summed E-state index contributed by atoms with van der Waals surface area (Å²) < 4.78 is 0. The number of carboxylic acids is 1. The molecule has 1 aliphatic carbocycles. The van der Waals surface area contributed by atoms with Gasteiger partial charge in [-0.25, -0.2) is 14.8 Å². The minimum atomic E-state index is -0.940. The van der Waals surface area contributed by atoms with Crippen LogP contribution < -0.4 is 0 Å². The van der Waals surface area contributed by atoms with Crippen LogP contribution in [0.1, 0.15) is 52.8 Å². The van der Waals surface area contributed by atoms with E-state index in [9.17, 15) is 4.79 Å². The highest BCUT2D eigenvalue weighted by molar-refractivity contribution is 5.89. The second kappa shape index (κ2) is 3.61. The summed E-state index contributed by atoms with van der Waals surface area (Å²) in [5.74, 6) is 0.330. The van der Waals surface area contributed by atoms with Crippen molar-refractivity contribution in [3.05, 3.63) is 22.8 Å². The Labute approximate surface area is 88.4 Å². The summed E-state index contributed by atoms with van der Waals surface area (Å²) >= 11 is 0. The second-order valence-electron chi connectivity index (χ2n) is 4.06. The van der Waals surface area contributed by atoms with Crippen molar-refractivity contribution < 1.29 is 9.90 Å². The van der Waals surface area contributed by atoms with Crippen molar-refractivity contribution in [2.75, 3.05) is 0 Å². The summed E-state index contributed by atoms with van der Waals surface area (Å²) in [7, 11) is 0. The second-order valence-corrected chi connectivity index (χ2v) is 4.06. The van der Waals surface area contributed by atoms with Crippen molar-refractivity contribution in [1.82, 2.24) is 9.97 Å². The molecule has 0 unspecified atom stereocenters. The molecule has 0 spiro atoms. The number of rotatable bonds is 2. The summed E-state index contributed by atoms with van der Waals surface area (Å²) in [6.07, 6.45) is 3.49. The van der Waals surface area contributed by atoms with Gasteiger partial charge in [-0.15, -0.1) is 0 Å². The average molecular weight is 206 g/mol. The number of carbonyl (C=O) groups is 1. The van der Waals surface area contributed by atoms with Crippen LogP contribution in [0.3, 0.4) is 0 Å². The molecule has 15 heavy (non-hydrogen) atoms. The van der Waals surface area contributed by atoms with Crippen molar-refractivity contribution in [1.29, 1.82) is 0 Å². The molecule has 1 saturated carbocycles. The zero-order valence-electron chi connectivity index (χ0n) is 8.95. The van der Waals surface area contributed by atoms with Gasteiger partial charge in [0.15, 0.2) is 0 Å². The molecule has 0 amide bonds. The SMILES string of the molecule is Cc1nc(C2CCC2)nc(C)c1C(=O)O. The van der Waals surface area contributed by atoms with E-state index in [1.165, 1.54) is 6.42 Å². The van der Waals surface area contributed by atoms with Gasteiger partial charge in [0, 0.05) is 5.92 Å². The molecule has 4 heteroatoms. The van der Waals surface area contributed by atoms with Gasteiger partial charge in [0.25, 0.3) is 0 Å². The van der Waals surface area contributed by atoms with E-state index in [0.29, 0.717) is 17.3 Å². The molecule has 4 nitrogen and oxygen atoms in total. The maximum Gasteiger partial charge on any atom is 0.339 e. The van der Waals surface area contributed by atoms with Crippen LogP contribution in [0.15, 0.2) is 0 Å². The molecule has 0 saturated heterocycles. The summed E-state index contributed by atoms with van der Waals surface area (Å²) in [5, 5.41) is 8.97. The molecule has 1 N–H and O–H groups in total. The van der Waals surface area contributed by atoms with Gasteiger partial charge in [0.2, 0.25) is 0 Å². The number of aryl methyl sites for hydroxylation is 2. The van der Waals surface area contributed by atoms with E-state index in [1.807, 2.05) is 0 Å². The Balaban J connectivity index is 2.42. The van der Waals surface area contributed by atoms with Gasteiger partial charge < -0.3 is 5.11 Å². The number of nitrogens with zero attached hydrogens (tertiary/aromatic N) is 2. The van der Waals surface area contributed by atoms with E-state index in [-0.39, 0.29) is 5.56 Å². The number of hydrogen-bond acceptors (Lipinski definition) is 3. The lowest BCUT2D eigenvalue weighted by Gasteiger charge is -2.24. The molecular weight excluding hydrogens is 192 g/mol. The first-order valence-corrected chi connectivity index (χ1v) is 5.18. The monoisotopic (exact) mass is 206 g/mol. The zero-order valence-corrected chi connectivity index (χ0v) is 8.95. The van der Waals surface area contributed by atoms with Gasteiger partial charge in [0.05, 0.1) is 11.4 Å². The normalized spacial score (nSPS) is 16.1. The summed E-state index contributed by atoms with van der Waals surface area (Å²) in [5.41, 5.74) is 1.41. The summed E-state index contributed by atoms with van der Waals surface area (Å²) in [4.78, 5) is 19.5. The maximum atomic E-state index is 10.9. The Morgan fingerprint density at radius 3 is 2.13 bits per heavy atom. The molecular formula is C11H14N2O2. The van der Waals surface area contributed by atoms with Crippen LogP contribution in [0.25, 0.3) is 0 Å². The van der Waals surface area contributed by atoms with Gasteiger partial charge in [-0.1, -0.05) is 6.42 Å². The number of carboxylic acid groups (broad SMARTS) is 1. The topological polar surface area (TPSA) is 63.1 Å². The first-order chi connectivity index (χ1) is 7.09. The van der Waals surface area contributed by atoms with Crippen molar-refractivity contribution in [2.45, 2.75) is 39.0 Å². The van der Waals surface area contributed by atoms with Crippen molar-refractivity contribution >= 4 is 5.97 Å². The summed E-state index contributed by atoms with van der Waals surface area (Å²) in [6, 6.07) is 0. The van der Waals surface area contributed by atoms with Crippen LogP contribution in [0.4, 0.5) is 0 Å². The minimum Gasteiger partial charge on any atom is -0.478 e. The lowest BCUT2D eigenvalue weighted by atomic mass is 9.84. The minimum absolute atomic E-state index is 0.248. The number of aromatic nitrogens is 2. The molecule has 0 bridgehead atoms. The molecule has 0 aromatic carbocycles. The van der Waals surface area contributed by atoms with Crippen molar-refractivity contribution in [3.63, 3.8) is 0 Å². The largest absolute Gasteiger partial charge is 0.478 e. The highest BCUT2D eigenvalue weighted by Crippen LogP contribution is 2.34. The smallest absolute Gasteiger partial charge is 0.339 e. The molecule has 80 valence electrons. The van der Waals surface area contributed by atoms with E-state index in [4.69, 9.17) is 5.11 Å². The molecule has 1 aromatic heterocycles. The molecule has 1 fully saturated rings. The molecule has 1 heterocycles. The highest BCUT2D eigenvalue weighted by Gasteiger charge is 2.24. The number of aromatic carboxylic acids is 1. The first kappa shape index (κ1) is 10.1. The van der Waals surface area contributed by atoms with Gasteiger partial charge in [-0.2, -0.15) is 0 Å². The number of hydrogen-bond donors (Lipinski definition) is 1. The predicted molar refractivity (Wildman–Crippen MR) is 55.1 cm³/mol. The maximum absolute atomic E-state index is 10.9. The van der Waals surface area contributed by atoms with E-state index in [0.717, 1.165) is 18.7 Å². The van der Waals surface area contributed by atoms with E-state index >= 15 is 0 Å². The van der Waals surface area contributed by atoms with Crippen molar-refractivity contribution in [3.8, 4) is 0 Å². The fraction of sp³-hybridized carbons (Fsp3) is 0.545. The van der Waals surface area contributed by atoms with Crippen LogP contribution in [-0.4, -0.2) is 21.0 Å². The predicted octanol–water partition coefficient (Wildman–Crippen LogP) is 2.06. The fourth-order valence-corrected chi connectivity index (χ4v) is 1.90. The standard InChI is InChI=1S/C11H14N2O2/c1-6-9(11(14)15)7(2)13-10(12-6)8-4-3-5-8/h8H,3-5H2,1-2H3,(H,14,15). The molecule has 2 rings (SSSR count). The van der Waals surface area contributed by atoms with Gasteiger partial charge in [0.1, 0.15) is 11.4 Å². The highest BCUT2D eigenvalue weighted by atomic mass is 16.4. The molecule has 0 aliphatic heterocycles. The Bertz CT molecular complexity index is 388. The lowest BCUT2D eigenvalue weighted by Crippen LogP contribution is -2.16. The quantitative estimate of drug-likeness (QED) is 0.804.